The molecular formula is C23H25ClN2. The predicted octanol–water partition coefficient (Wildman–Crippen LogP) is 6.13. The van der Waals surface area contributed by atoms with E-state index in [9.17, 15) is 0 Å². The summed E-state index contributed by atoms with van der Waals surface area (Å²) in [5, 5.41) is 2.55. The molecule has 0 bridgehead atoms. The summed E-state index contributed by atoms with van der Waals surface area (Å²) < 4.78 is 0. The maximum absolute atomic E-state index is 4.60. The largest absolute Gasteiger partial charge is 0.371 e. The van der Waals surface area contributed by atoms with Gasteiger partial charge in [0, 0.05) is 25.0 Å². The van der Waals surface area contributed by atoms with Crippen molar-refractivity contribution >= 4 is 41.0 Å². The molecule has 1 saturated heterocycles. The quantitative estimate of drug-likeness (QED) is 0.556. The first-order valence-corrected chi connectivity index (χ1v) is 9.18. The van der Waals surface area contributed by atoms with Gasteiger partial charge in [0.1, 0.15) is 0 Å². The summed E-state index contributed by atoms with van der Waals surface area (Å²) in [5.74, 6) is 0. The molecule has 0 saturated carbocycles. The minimum atomic E-state index is 0. The second kappa shape index (κ2) is 8.37. The van der Waals surface area contributed by atoms with Crippen LogP contribution in [-0.4, -0.2) is 18.1 Å². The molecule has 0 spiro atoms. The zero-order valence-electron chi connectivity index (χ0n) is 15.2. The molecule has 3 aromatic rings. The van der Waals surface area contributed by atoms with Crippen molar-refractivity contribution in [1.29, 1.82) is 0 Å². The number of piperidine rings is 1. The Morgan fingerprint density at radius 3 is 2.46 bits per heavy atom. The van der Waals surface area contributed by atoms with Crippen molar-refractivity contribution in [3.63, 3.8) is 0 Å². The van der Waals surface area contributed by atoms with Gasteiger partial charge in [-0.25, -0.2) is 0 Å². The molecule has 0 atom stereocenters. The Hall–Kier alpha value is -2.32. The smallest absolute Gasteiger partial charge is 0.0650 e. The molecule has 26 heavy (non-hydrogen) atoms. The molecule has 2 aromatic carbocycles. The number of hydrogen-bond acceptors (Lipinski definition) is 2. The maximum Gasteiger partial charge on any atom is 0.0650 e. The monoisotopic (exact) mass is 364 g/mol. The first-order chi connectivity index (χ1) is 12.3. The van der Waals surface area contributed by atoms with Crippen LogP contribution in [0.5, 0.6) is 0 Å². The molecule has 1 aliphatic rings. The SMILES string of the molecule is Cc1cnc(/C=C/c2ccc3ccccc3c2)cc1N1CCCCC1.Cl. The molecule has 3 heteroatoms. The lowest BCUT2D eigenvalue weighted by Crippen LogP contribution is -2.30. The van der Waals surface area contributed by atoms with Crippen molar-refractivity contribution in [1.82, 2.24) is 4.98 Å². The van der Waals surface area contributed by atoms with Gasteiger partial charge < -0.3 is 4.90 Å². The Labute approximate surface area is 162 Å². The van der Waals surface area contributed by atoms with Crippen LogP contribution in [0.25, 0.3) is 22.9 Å². The summed E-state index contributed by atoms with van der Waals surface area (Å²) in [6, 6.07) is 17.3. The molecule has 4 rings (SSSR count). The van der Waals surface area contributed by atoms with Crippen LogP contribution in [0.1, 0.15) is 36.1 Å². The molecule has 0 radical (unpaired) electrons. The van der Waals surface area contributed by atoms with Crippen LogP contribution in [0.3, 0.4) is 0 Å². The van der Waals surface area contributed by atoms with E-state index in [1.807, 2.05) is 6.20 Å². The van der Waals surface area contributed by atoms with Gasteiger partial charge >= 0.3 is 0 Å². The lowest BCUT2D eigenvalue weighted by Gasteiger charge is -2.30. The Morgan fingerprint density at radius 1 is 0.885 bits per heavy atom. The van der Waals surface area contributed by atoms with E-state index in [1.54, 1.807) is 0 Å². The Kier molecular flexibility index (Phi) is 5.95. The summed E-state index contributed by atoms with van der Waals surface area (Å²) in [6.45, 7) is 4.49. The number of hydrogen-bond donors (Lipinski definition) is 0. The van der Waals surface area contributed by atoms with Crippen LogP contribution < -0.4 is 4.90 Å². The van der Waals surface area contributed by atoms with Gasteiger partial charge in [-0.3, -0.25) is 4.98 Å². The topological polar surface area (TPSA) is 16.1 Å². The number of halogens is 1. The Morgan fingerprint density at radius 2 is 1.65 bits per heavy atom. The standard InChI is InChI=1S/C23H24N2.ClH/c1-18-17-24-22(16-23(18)25-13-5-2-6-14-25)12-10-19-9-11-20-7-3-4-8-21(20)15-19;/h3-4,7-12,15-17H,2,5-6,13-14H2,1H3;1H/b12-10+;. The fourth-order valence-corrected chi connectivity index (χ4v) is 3.59. The maximum atomic E-state index is 4.60. The average molecular weight is 365 g/mol. The van der Waals surface area contributed by atoms with Crippen LogP contribution in [0.4, 0.5) is 5.69 Å². The highest BCUT2D eigenvalue weighted by atomic mass is 35.5. The van der Waals surface area contributed by atoms with Gasteiger partial charge in [0.05, 0.1) is 5.69 Å². The van der Waals surface area contributed by atoms with Crippen molar-refractivity contribution in [2.75, 3.05) is 18.0 Å². The second-order valence-corrected chi connectivity index (χ2v) is 6.88. The minimum Gasteiger partial charge on any atom is -0.371 e. The van der Waals surface area contributed by atoms with Crippen LogP contribution >= 0.6 is 12.4 Å². The van der Waals surface area contributed by atoms with E-state index in [4.69, 9.17) is 0 Å². The van der Waals surface area contributed by atoms with Crippen molar-refractivity contribution < 1.29 is 0 Å². The lowest BCUT2D eigenvalue weighted by atomic mass is 10.1. The van der Waals surface area contributed by atoms with Crippen molar-refractivity contribution in [2.45, 2.75) is 26.2 Å². The van der Waals surface area contributed by atoms with Crippen molar-refractivity contribution in [3.8, 4) is 0 Å². The third-order valence-electron chi connectivity index (χ3n) is 5.01. The molecule has 1 fully saturated rings. The van der Waals surface area contributed by atoms with Crippen molar-refractivity contribution in [3.05, 3.63) is 71.5 Å². The number of pyridine rings is 1. The van der Waals surface area contributed by atoms with Gasteiger partial charge in [0.25, 0.3) is 0 Å². The predicted molar refractivity (Wildman–Crippen MR) is 115 cm³/mol. The fourth-order valence-electron chi connectivity index (χ4n) is 3.59. The van der Waals surface area contributed by atoms with Gasteiger partial charge in [-0.1, -0.05) is 42.5 Å². The van der Waals surface area contributed by atoms with Gasteiger partial charge in [0.15, 0.2) is 0 Å². The Balaban J connectivity index is 0.00000196. The van der Waals surface area contributed by atoms with Gasteiger partial charge in [-0.15, -0.1) is 12.4 Å². The Bertz CT molecular complexity index is 911. The highest BCUT2D eigenvalue weighted by Gasteiger charge is 2.13. The summed E-state index contributed by atoms with van der Waals surface area (Å²) in [4.78, 5) is 7.11. The lowest BCUT2D eigenvalue weighted by molar-refractivity contribution is 0.577. The van der Waals surface area contributed by atoms with Gasteiger partial charge in [0.2, 0.25) is 0 Å². The first kappa shape index (κ1) is 18.5. The zero-order valence-corrected chi connectivity index (χ0v) is 16.0. The second-order valence-electron chi connectivity index (χ2n) is 6.88. The number of anilines is 1. The van der Waals surface area contributed by atoms with Crippen molar-refractivity contribution in [2.24, 2.45) is 0 Å². The van der Waals surface area contributed by atoms with Gasteiger partial charge in [-0.2, -0.15) is 0 Å². The molecular weight excluding hydrogens is 340 g/mol. The summed E-state index contributed by atoms with van der Waals surface area (Å²) in [7, 11) is 0. The highest BCUT2D eigenvalue weighted by molar-refractivity contribution is 5.86. The molecule has 0 amide bonds. The summed E-state index contributed by atoms with van der Waals surface area (Å²) in [5.41, 5.74) is 4.84. The van der Waals surface area contributed by atoms with E-state index in [-0.39, 0.29) is 12.4 Å². The van der Waals surface area contributed by atoms with E-state index in [0.717, 1.165) is 5.69 Å². The molecule has 1 aliphatic heterocycles. The number of fused-ring (bicyclic) bond motifs is 1. The molecule has 0 unspecified atom stereocenters. The molecule has 2 heterocycles. The number of nitrogens with zero attached hydrogens (tertiary/aromatic N) is 2. The minimum absolute atomic E-state index is 0. The normalized spacial score (nSPS) is 14.6. The molecule has 0 N–H and O–H groups in total. The third kappa shape index (κ3) is 4.08. The summed E-state index contributed by atoms with van der Waals surface area (Å²) >= 11 is 0. The average Bonchev–Trinajstić information content (AvgIpc) is 2.68. The molecule has 0 aliphatic carbocycles. The van der Waals surface area contributed by atoms with Crippen LogP contribution in [0.15, 0.2) is 54.7 Å². The highest BCUT2D eigenvalue weighted by Crippen LogP contribution is 2.25. The zero-order chi connectivity index (χ0) is 17.1. The van der Waals surface area contributed by atoms with Crippen LogP contribution in [0.2, 0.25) is 0 Å². The van der Waals surface area contributed by atoms with Crippen LogP contribution in [0, 0.1) is 6.92 Å². The molecule has 2 nitrogen and oxygen atoms in total. The van der Waals surface area contributed by atoms with Crippen LogP contribution in [-0.2, 0) is 0 Å². The number of rotatable bonds is 3. The van der Waals surface area contributed by atoms with Gasteiger partial charge in [-0.05, 0) is 66.3 Å². The number of aryl methyl sites for hydroxylation is 1. The van der Waals surface area contributed by atoms with E-state index in [1.165, 1.54) is 59.9 Å². The van der Waals surface area contributed by atoms with E-state index in [0.29, 0.717) is 0 Å². The fraction of sp³-hybridized carbons (Fsp3) is 0.261. The third-order valence-corrected chi connectivity index (χ3v) is 5.01. The van der Waals surface area contributed by atoms with E-state index < -0.39 is 0 Å². The first-order valence-electron chi connectivity index (χ1n) is 9.18. The number of aromatic nitrogens is 1. The summed E-state index contributed by atoms with van der Waals surface area (Å²) in [6.07, 6.45) is 10.2. The molecule has 1 aromatic heterocycles. The molecule has 134 valence electrons. The van der Waals surface area contributed by atoms with E-state index >= 15 is 0 Å². The number of benzene rings is 2. The van der Waals surface area contributed by atoms with E-state index in [2.05, 4.69) is 77.5 Å².